The number of hydrogen-bond acceptors (Lipinski definition) is 2. The maximum absolute atomic E-state index is 10.6. The fourth-order valence-corrected chi connectivity index (χ4v) is 1.26. The van der Waals surface area contributed by atoms with Gasteiger partial charge in [0.25, 0.3) is 0 Å². The summed E-state index contributed by atoms with van der Waals surface area (Å²) in [6.45, 7) is 4.78. The number of carbonyl (C=O) groups is 1. The molecule has 2 heteroatoms. The Morgan fingerprint density at radius 1 is 1.70 bits per heavy atom. The summed E-state index contributed by atoms with van der Waals surface area (Å²) in [5, 5.41) is 0. The molecule has 0 saturated heterocycles. The third kappa shape index (κ3) is 1.57. The second-order valence-electron chi connectivity index (χ2n) is 2.87. The van der Waals surface area contributed by atoms with Crippen LogP contribution in [0.1, 0.15) is 26.7 Å². The molecule has 0 amide bonds. The van der Waals surface area contributed by atoms with Crippen LogP contribution in [0.4, 0.5) is 0 Å². The van der Waals surface area contributed by atoms with Gasteiger partial charge in [-0.2, -0.15) is 0 Å². The van der Waals surface area contributed by atoms with E-state index < -0.39 is 0 Å². The lowest BCUT2D eigenvalue weighted by Gasteiger charge is -2.29. The Morgan fingerprint density at radius 3 is 2.70 bits per heavy atom. The third-order valence-electron chi connectivity index (χ3n) is 2.07. The molecule has 2 nitrogen and oxygen atoms in total. The average molecular weight is 142 g/mol. The van der Waals surface area contributed by atoms with Crippen LogP contribution in [-0.4, -0.2) is 18.5 Å². The Labute approximate surface area is 61.6 Å². The molecule has 0 radical (unpaired) electrons. The Kier molecular flexibility index (Phi) is 2.44. The van der Waals surface area contributed by atoms with E-state index in [2.05, 4.69) is 0 Å². The first-order valence-corrected chi connectivity index (χ1v) is 3.87. The number of ether oxygens (including phenoxy) is 1. The maximum atomic E-state index is 10.6. The predicted molar refractivity (Wildman–Crippen MR) is 38.8 cm³/mol. The molecule has 1 aliphatic rings. The molecule has 1 atom stereocenters. The smallest absolute Gasteiger partial charge is 0.133 e. The van der Waals surface area contributed by atoms with E-state index in [1.54, 1.807) is 0 Å². The van der Waals surface area contributed by atoms with Crippen molar-refractivity contribution in [3.05, 3.63) is 0 Å². The van der Waals surface area contributed by atoms with Crippen molar-refractivity contribution in [1.29, 1.82) is 0 Å². The summed E-state index contributed by atoms with van der Waals surface area (Å²) >= 11 is 0. The fourth-order valence-electron chi connectivity index (χ4n) is 1.26. The van der Waals surface area contributed by atoms with Crippen molar-refractivity contribution in [3.63, 3.8) is 0 Å². The number of hydrogen-bond donors (Lipinski definition) is 0. The van der Waals surface area contributed by atoms with E-state index in [1.165, 1.54) is 0 Å². The second kappa shape index (κ2) is 3.15. The van der Waals surface area contributed by atoms with Gasteiger partial charge in [0.15, 0.2) is 0 Å². The lowest BCUT2D eigenvalue weighted by atomic mass is 9.80. The average Bonchev–Trinajstić information content (AvgIpc) is 1.82. The minimum absolute atomic E-state index is 0.280. The maximum Gasteiger partial charge on any atom is 0.133 e. The molecule has 0 aromatic carbocycles. The lowest BCUT2D eigenvalue weighted by molar-refractivity contribution is -0.131. The van der Waals surface area contributed by atoms with E-state index in [-0.39, 0.29) is 6.10 Å². The monoisotopic (exact) mass is 142 g/mol. The molecule has 58 valence electrons. The number of Topliss-reactive ketones (excluding diaryl/α,β-unsaturated/α-hetero) is 1. The van der Waals surface area contributed by atoms with Crippen LogP contribution >= 0.6 is 0 Å². The minimum atomic E-state index is 0.280. The molecule has 0 aliphatic heterocycles. The zero-order chi connectivity index (χ0) is 7.56. The molecule has 0 aromatic rings. The molecule has 1 fully saturated rings. The van der Waals surface area contributed by atoms with Crippen LogP contribution in [0, 0.1) is 5.92 Å². The van der Waals surface area contributed by atoms with Crippen LogP contribution < -0.4 is 0 Å². The van der Waals surface area contributed by atoms with Gasteiger partial charge in [-0.1, -0.05) is 0 Å². The summed E-state index contributed by atoms with van der Waals surface area (Å²) in [6, 6.07) is 0. The van der Waals surface area contributed by atoms with Crippen LogP contribution in [0.2, 0.25) is 0 Å². The highest BCUT2D eigenvalue weighted by Gasteiger charge is 2.31. The van der Waals surface area contributed by atoms with Gasteiger partial charge in [-0.3, -0.25) is 4.79 Å². The van der Waals surface area contributed by atoms with Crippen molar-refractivity contribution in [3.8, 4) is 0 Å². The van der Waals surface area contributed by atoms with E-state index in [0.29, 0.717) is 11.7 Å². The largest absolute Gasteiger partial charge is 0.378 e. The molecule has 10 heavy (non-hydrogen) atoms. The van der Waals surface area contributed by atoms with Gasteiger partial charge in [0.1, 0.15) is 5.78 Å². The zero-order valence-corrected chi connectivity index (χ0v) is 6.59. The summed E-state index contributed by atoms with van der Waals surface area (Å²) in [4.78, 5) is 10.6. The molecule has 1 saturated carbocycles. The lowest BCUT2D eigenvalue weighted by Crippen LogP contribution is -2.33. The van der Waals surface area contributed by atoms with E-state index in [1.807, 2.05) is 13.8 Å². The molecule has 0 N–H and O–H groups in total. The van der Waals surface area contributed by atoms with Gasteiger partial charge in [0.05, 0.1) is 6.10 Å². The first-order valence-electron chi connectivity index (χ1n) is 3.87. The van der Waals surface area contributed by atoms with Gasteiger partial charge >= 0.3 is 0 Å². The van der Waals surface area contributed by atoms with Crippen molar-refractivity contribution >= 4 is 5.78 Å². The van der Waals surface area contributed by atoms with Gasteiger partial charge in [0, 0.05) is 19.4 Å². The van der Waals surface area contributed by atoms with Crippen LogP contribution in [0.15, 0.2) is 0 Å². The van der Waals surface area contributed by atoms with Crippen molar-refractivity contribution in [2.24, 2.45) is 5.92 Å². The molecule has 1 rings (SSSR count). The molecule has 1 unspecified atom stereocenters. The Hall–Kier alpha value is -0.370. The Morgan fingerprint density at radius 2 is 2.30 bits per heavy atom. The summed E-state index contributed by atoms with van der Waals surface area (Å²) in [6.07, 6.45) is 1.75. The fraction of sp³-hybridized carbons (Fsp3) is 0.875. The Balaban J connectivity index is 2.17. The molecular weight excluding hydrogens is 128 g/mol. The summed E-state index contributed by atoms with van der Waals surface area (Å²) in [7, 11) is 0. The minimum Gasteiger partial charge on any atom is -0.378 e. The first kappa shape index (κ1) is 7.73. The van der Waals surface area contributed by atoms with Crippen LogP contribution in [-0.2, 0) is 9.53 Å². The quantitative estimate of drug-likeness (QED) is 0.595. The number of ketones is 1. The van der Waals surface area contributed by atoms with E-state index in [4.69, 9.17) is 4.74 Å². The topological polar surface area (TPSA) is 26.3 Å². The zero-order valence-electron chi connectivity index (χ0n) is 6.59. The van der Waals surface area contributed by atoms with Crippen molar-refractivity contribution in [1.82, 2.24) is 0 Å². The normalized spacial score (nSPS) is 22.4. The van der Waals surface area contributed by atoms with Crippen molar-refractivity contribution < 1.29 is 9.53 Å². The third-order valence-corrected chi connectivity index (χ3v) is 2.07. The first-order chi connectivity index (χ1) is 4.74. The van der Waals surface area contributed by atoms with Gasteiger partial charge < -0.3 is 4.74 Å². The van der Waals surface area contributed by atoms with E-state index in [0.717, 1.165) is 19.4 Å². The molecule has 1 aliphatic carbocycles. The van der Waals surface area contributed by atoms with Gasteiger partial charge in [0.2, 0.25) is 0 Å². The SMILES string of the molecule is CCOC(C)C1CC(=O)C1. The number of rotatable bonds is 3. The highest BCUT2D eigenvalue weighted by molar-refractivity contribution is 5.84. The Bertz CT molecular complexity index is 123. The molecule has 0 aromatic heterocycles. The van der Waals surface area contributed by atoms with Gasteiger partial charge in [-0.25, -0.2) is 0 Å². The van der Waals surface area contributed by atoms with Crippen LogP contribution in [0.3, 0.4) is 0 Å². The standard InChI is InChI=1S/C8H14O2/c1-3-10-6(2)7-4-8(9)5-7/h6-7H,3-5H2,1-2H3. The van der Waals surface area contributed by atoms with E-state index >= 15 is 0 Å². The van der Waals surface area contributed by atoms with E-state index in [9.17, 15) is 4.79 Å². The van der Waals surface area contributed by atoms with Crippen LogP contribution in [0.5, 0.6) is 0 Å². The summed E-state index contributed by atoms with van der Waals surface area (Å²) in [5.41, 5.74) is 0. The molecule has 0 bridgehead atoms. The highest BCUT2D eigenvalue weighted by atomic mass is 16.5. The molecule has 0 heterocycles. The highest BCUT2D eigenvalue weighted by Crippen LogP contribution is 2.27. The van der Waals surface area contributed by atoms with Crippen molar-refractivity contribution in [2.75, 3.05) is 6.61 Å². The molecule has 0 spiro atoms. The van der Waals surface area contributed by atoms with Gasteiger partial charge in [-0.05, 0) is 19.8 Å². The molecular formula is C8H14O2. The van der Waals surface area contributed by atoms with Crippen molar-refractivity contribution in [2.45, 2.75) is 32.8 Å². The van der Waals surface area contributed by atoms with Gasteiger partial charge in [-0.15, -0.1) is 0 Å². The number of carbonyl (C=O) groups excluding carboxylic acids is 1. The second-order valence-corrected chi connectivity index (χ2v) is 2.87. The summed E-state index contributed by atoms with van der Waals surface area (Å²) < 4.78 is 5.34. The summed E-state index contributed by atoms with van der Waals surface area (Å²) in [5.74, 6) is 0.893. The van der Waals surface area contributed by atoms with Crippen LogP contribution in [0.25, 0.3) is 0 Å². The predicted octanol–water partition coefficient (Wildman–Crippen LogP) is 1.39.